The minimum atomic E-state index is -2.22. The molecule has 462 valence electrons. The Hall–Kier alpha value is -2.63. The molecule has 86 heavy (non-hydrogen) atoms. The third-order valence-corrected chi connectivity index (χ3v) is 22.2. The van der Waals surface area contributed by atoms with Crippen LogP contribution in [0.5, 0.6) is 0 Å². The number of carbonyl (C=O) groups excluding carboxylic acids is 1. The molecule has 0 aromatic heterocycles. The Labute approximate surface area is 552 Å². The minimum absolute atomic E-state index is 0.176. The van der Waals surface area contributed by atoms with E-state index >= 15 is 0 Å². The van der Waals surface area contributed by atoms with E-state index in [9.17, 15) is 4.79 Å². The van der Waals surface area contributed by atoms with Crippen LogP contribution >= 0.6 is 74.5 Å². The van der Waals surface area contributed by atoms with Crippen LogP contribution in [-0.4, -0.2) is 106 Å². The standard InChI is InChI=1S/C23H27NS2.C22H27NO2.C18H19N.C4H8O3.C3H8S2.3ClH.In/c1-16-5-2-6-17-9-11-23(21(16)17)12-10-18-7-3-8-19(22(18)23)24-15-20-25-13-4-14-26-20;1-15-6-4-7-16-10-12-22(20(15)16)13-11-17-8-5-9-18(21(17)22)23-14-19(24-2)25-3;1-12-4-2-5-13-8-10-18(16(12)13)11-9-14-6-3-7-15(19)17(14)18;1-6-4(3-5)7-2;4-2-1-3-5;;;;/h2-3,5-8,20,24H,4,9-15H2,1H3;4-9,19,23H,10-14H2,1-3H3;2-7H,8-11,19H2,1H3;3-4H,1-2H3;4-5H,1-3H2;3*1H;/q;;;;;;;;+3/p-3/t23-;22-;18-;;;;;;/m111....../s1. The van der Waals surface area contributed by atoms with Crippen molar-refractivity contribution in [2.45, 2.75) is 144 Å². The fourth-order valence-electron chi connectivity index (χ4n) is 15.2. The van der Waals surface area contributed by atoms with Crippen molar-refractivity contribution in [3.63, 3.8) is 0 Å². The third-order valence-electron chi connectivity index (χ3n) is 18.6. The molecule has 8 nitrogen and oxygen atoms in total. The van der Waals surface area contributed by atoms with E-state index < -0.39 is 24.2 Å². The van der Waals surface area contributed by atoms with Crippen LogP contribution in [-0.2, 0) is 78.5 Å². The predicted octanol–water partition coefficient (Wildman–Crippen LogP) is 16.5. The van der Waals surface area contributed by atoms with Crippen LogP contribution in [0.25, 0.3) is 0 Å². The zero-order chi connectivity index (χ0) is 61.4. The van der Waals surface area contributed by atoms with Crippen LogP contribution in [0, 0.1) is 20.8 Å². The number of nitrogen functional groups attached to an aromatic ring is 1. The number of aldehydes is 1. The molecule has 3 spiro atoms. The molecular weight excluding hydrogens is 1310 g/mol. The van der Waals surface area contributed by atoms with Gasteiger partial charge >= 0.3 is 43.6 Å². The van der Waals surface area contributed by atoms with Gasteiger partial charge < -0.3 is 35.3 Å². The molecule has 6 aliphatic carbocycles. The second-order valence-electron chi connectivity index (χ2n) is 23.3. The Morgan fingerprint density at radius 2 is 0.895 bits per heavy atom. The zero-order valence-corrected chi connectivity index (χ0v) is 60.4. The second-order valence-corrected chi connectivity index (χ2v) is 41.9. The van der Waals surface area contributed by atoms with Crippen molar-refractivity contribution >= 4 is 116 Å². The van der Waals surface area contributed by atoms with Gasteiger partial charge in [-0.25, -0.2) is 0 Å². The SMILES string of the molecule is COC(C=O)OC.COC(CNc1cccc2c1[C@]1(CCc3cccc(C)c31)CC2)OC.Cc1cccc2c1[C@@]1(CC2)CCc2cccc(N)c21.Cc1cccc2c1[C@@]1(CC2)CCc2cccc(NCC3SCCCS3)c21.SCCCS.[Cl][In]([Cl])[Cl]. The molecule has 0 bridgehead atoms. The molecule has 1 saturated heterocycles. The van der Waals surface area contributed by atoms with Gasteiger partial charge in [0.15, 0.2) is 12.6 Å². The van der Waals surface area contributed by atoms with Gasteiger partial charge in [-0.05, 0) is 235 Å². The van der Waals surface area contributed by atoms with E-state index in [2.05, 4.69) is 199 Å². The molecule has 6 aromatic rings. The Balaban J connectivity index is 0.000000150. The van der Waals surface area contributed by atoms with Gasteiger partial charge in [-0.15, -0.1) is 23.5 Å². The number of halogens is 3. The number of nitrogens with two attached hydrogens (primary N) is 1. The number of ether oxygens (including phenoxy) is 4. The molecule has 0 unspecified atom stereocenters. The molecule has 6 aromatic carbocycles. The summed E-state index contributed by atoms with van der Waals surface area (Å²) in [7, 11) is 21.2. The summed E-state index contributed by atoms with van der Waals surface area (Å²) >= 11 is 9.95. The topological polar surface area (TPSA) is 104 Å². The molecule has 1 aliphatic heterocycles. The van der Waals surface area contributed by atoms with E-state index in [0.717, 1.165) is 36.6 Å². The molecular formula is C70H89Cl3InN3O5S4. The first-order valence-electron chi connectivity index (χ1n) is 30.5. The molecule has 0 amide bonds. The zero-order valence-electron chi connectivity index (χ0n) is 51.4. The van der Waals surface area contributed by atoms with E-state index in [1.54, 1.807) is 47.6 Å². The first kappa shape index (κ1) is 69.3. The van der Waals surface area contributed by atoms with Crippen LogP contribution in [0.3, 0.4) is 0 Å². The Morgan fingerprint density at radius 1 is 0.547 bits per heavy atom. The molecule has 0 saturated carbocycles. The normalized spacial score (nSPS) is 20.3. The number of aryl methyl sites for hydroxylation is 9. The molecule has 0 radical (unpaired) electrons. The second kappa shape index (κ2) is 33.1. The van der Waals surface area contributed by atoms with Crippen molar-refractivity contribution in [2.24, 2.45) is 0 Å². The summed E-state index contributed by atoms with van der Waals surface area (Å²) in [4.78, 5) is 9.72. The number of benzene rings is 6. The quantitative estimate of drug-likeness (QED) is 0.0332. The number of methoxy groups -OCH3 is 4. The summed E-state index contributed by atoms with van der Waals surface area (Å²) in [6.07, 6.45) is 16.8. The molecule has 1 heterocycles. The van der Waals surface area contributed by atoms with Gasteiger partial charge in [0.05, 0.1) is 11.1 Å². The van der Waals surface area contributed by atoms with Crippen molar-refractivity contribution in [3.05, 3.63) is 193 Å². The number of thiol groups is 2. The first-order valence-corrected chi connectivity index (χ1v) is 46.4. The average molecular weight is 1400 g/mol. The van der Waals surface area contributed by atoms with Gasteiger partial charge in [0.1, 0.15) is 0 Å². The monoisotopic (exact) mass is 1400 g/mol. The van der Waals surface area contributed by atoms with Gasteiger partial charge in [0, 0.05) is 68.3 Å². The number of rotatable bonds is 13. The number of hydrogen-bond donors (Lipinski definition) is 5. The van der Waals surface area contributed by atoms with E-state index in [0.29, 0.717) is 17.4 Å². The van der Waals surface area contributed by atoms with Gasteiger partial charge in [0.2, 0.25) is 6.29 Å². The van der Waals surface area contributed by atoms with E-state index in [4.69, 9.17) is 40.9 Å². The maximum absolute atomic E-state index is 9.72. The van der Waals surface area contributed by atoms with Gasteiger partial charge in [-0.1, -0.05) is 91.0 Å². The number of hydrogen-bond acceptors (Lipinski definition) is 12. The molecule has 13 rings (SSSR count). The summed E-state index contributed by atoms with van der Waals surface area (Å²) in [5.41, 5.74) is 33.5. The molecule has 3 atom stereocenters. The van der Waals surface area contributed by atoms with E-state index in [-0.39, 0.29) is 22.5 Å². The van der Waals surface area contributed by atoms with E-state index in [1.807, 2.05) is 0 Å². The summed E-state index contributed by atoms with van der Waals surface area (Å²) in [5, 5.41) is 7.47. The number of fused-ring (bicyclic) bond motifs is 12. The van der Waals surface area contributed by atoms with Gasteiger partial charge in [-0.2, -0.15) is 25.3 Å². The van der Waals surface area contributed by atoms with Crippen molar-refractivity contribution < 1.29 is 23.7 Å². The number of anilines is 3. The number of nitrogens with one attached hydrogen (secondary N) is 2. The predicted molar refractivity (Wildman–Crippen MR) is 377 cm³/mol. The maximum atomic E-state index is 9.72. The average Bonchev–Trinajstić information content (AvgIpc) is 1.85. The summed E-state index contributed by atoms with van der Waals surface area (Å²) in [6.45, 7) is 8.58. The fourth-order valence-corrected chi connectivity index (χ4v) is 18.5. The number of carbonyl (C=O) groups is 1. The molecule has 7 aliphatic rings. The van der Waals surface area contributed by atoms with Crippen LogP contribution in [0.1, 0.15) is 135 Å². The third kappa shape index (κ3) is 15.6. The van der Waals surface area contributed by atoms with Crippen LogP contribution in [0.4, 0.5) is 17.1 Å². The van der Waals surface area contributed by atoms with E-state index in [1.165, 1.54) is 164 Å². The summed E-state index contributed by atoms with van der Waals surface area (Å²) in [6, 6.07) is 40.5. The molecule has 1 fully saturated rings. The fraction of sp³-hybridized carbons (Fsp3) is 0.471. The van der Waals surface area contributed by atoms with Crippen molar-refractivity contribution in [1.29, 1.82) is 0 Å². The van der Waals surface area contributed by atoms with Gasteiger partial charge in [0.25, 0.3) is 0 Å². The van der Waals surface area contributed by atoms with Crippen molar-refractivity contribution in [3.8, 4) is 0 Å². The van der Waals surface area contributed by atoms with Crippen LogP contribution < -0.4 is 16.4 Å². The molecule has 4 N–H and O–H groups in total. The first-order chi connectivity index (χ1) is 41.7. The van der Waals surface area contributed by atoms with Crippen LogP contribution in [0.15, 0.2) is 109 Å². The molecule has 16 heteroatoms. The Kier molecular flexibility index (Phi) is 26.7. The Morgan fingerprint density at radius 3 is 1.24 bits per heavy atom. The summed E-state index contributed by atoms with van der Waals surface area (Å²) < 4.78 is 20.3. The number of thioether (sulfide) groups is 2. The Bertz CT molecular complexity index is 3130. The van der Waals surface area contributed by atoms with Crippen molar-refractivity contribution in [1.82, 2.24) is 0 Å². The van der Waals surface area contributed by atoms with Crippen LogP contribution in [0.2, 0.25) is 0 Å². The van der Waals surface area contributed by atoms with Gasteiger partial charge in [-0.3, -0.25) is 4.79 Å². The summed E-state index contributed by atoms with van der Waals surface area (Å²) in [5.74, 6) is 4.57. The van der Waals surface area contributed by atoms with Crippen molar-refractivity contribution in [2.75, 3.05) is 80.9 Å².